The standard InChI is InChI=1S/C15H21N5O2S2.C2HF3O2/c16-7-3-4-9(17)13(21)20(12(8-23)14(22)24)15-18-10-5-1-2-6-11(10)19-15;3-2(4,5)1(6)7/h1-2,5-6,9,12,23H,3-4,7-8,16-17H2,(H,18,19)(H,22,24);(H,6,7)/t9-,12-;/m1./s1. The number of alkyl halides is 3. The van der Waals surface area contributed by atoms with Crippen LogP contribution in [0, 0.1) is 0 Å². The minimum Gasteiger partial charge on any atom is -0.475 e. The van der Waals surface area contributed by atoms with E-state index < -0.39 is 35.3 Å². The Labute approximate surface area is 186 Å². The molecule has 1 aromatic carbocycles. The minimum absolute atomic E-state index is 0.106. The van der Waals surface area contributed by atoms with Crippen molar-refractivity contribution in [2.75, 3.05) is 17.2 Å². The number of imidazole rings is 1. The van der Waals surface area contributed by atoms with Gasteiger partial charge in [0.1, 0.15) is 6.04 Å². The number of anilines is 1. The molecule has 31 heavy (non-hydrogen) atoms. The summed E-state index contributed by atoms with van der Waals surface area (Å²) in [4.78, 5) is 42.3. The zero-order chi connectivity index (χ0) is 23.8. The largest absolute Gasteiger partial charge is 0.490 e. The van der Waals surface area contributed by atoms with Crippen molar-refractivity contribution in [2.45, 2.75) is 31.1 Å². The van der Waals surface area contributed by atoms with E-state index >= 15 is 0 Å². The first-order valence-electron chi connectivity index (χ1n) is 8.81. The lowest BCUT2D eigenvalue weighted by molar-refractivity contribution is -0.192. The number of benzene rings is 1. The highest BCUT2D eigenvalue weighted by molar-refractivity contribution is 7.97. The molecular formula is C17H22F3N5O4S2. The van der Waals surface area contributed by atoms with Crippen LogP contribution in [0.1, 0.15) is 12.8 Å². The van der Waals surface area contributed by atoms with Crippen LogP contribution in [-0.2, 0) is 14.4 Å². The third kappa shape index (κ3) is 7.72. The number of fused-ring (bicyclic) bond motifs is 1. The van der Waals surface area contributed by atoms with Crippen LogP contribution in [0.3, 0.4) is 0 Å². The van der Waals surface area contributed by atoms with Crippen LogP contribution in [0.5, 0.6) is 0 Å². The van der Waals surface area contributed by atoms with Crippen molar-refractivity contribution in [3.05, 3.63) is 24.3 Å². The number of aliphatic carboxylic acids is 1. The number of hydrogen-bond acceptors (Lipinski definition) is 7. The van der Waals surface area contributed by atoms with Crippen LogP contribution in [0.2, 0.25) is 0 Å². The zero-order valence-electron chi connectivity index (χ0n) is 16.0. The van der Waals surface area contributed by atoms with E-state index in [4.69, 9.17) is 21.4 Å². The van der Waals surface area contributed by atoms with Crippen LogP contribution in [0.15, 0.2) is 24.3 Å². The van der Waals surface area contributed by atoms with Gasteiger partial charge in [-0.25, -0.2) is 9.78 Å². The topological polar surface area (TPSA) is 155 Å². The first kappa shape index (κ1) is 26.7. The van der Waals surface area contributed by atoms with Gasteiger partial charge in [-0.3, -0.25) is 14.5 Å². The van der Waals surface area contributed by atoms with Gasteiger partial charge in [0.2, 0.25) is 17.0 Å². The maximum absolute atomic E-state index is 12.8. The highest BCUT2D eigenvalue weighted by Gasteiger charge is 2.38. The Morgan fingerprint density at radius 3 is 2.29 bits per heavy atom. The van der Waals surface area contributed by atoms with Crippen LogP contribution in [0.4, 0.5) is 19.1 Å². The Bertz CT molecular complexity index is 876. The van der Waals surface area contributed by atoms with Crippen molar-refractivity contribution in [2.24, 2.45) is 11.5 Å². The molecule has 6 N–H and O–H groups in total. The number of carboxylic acids is 1. The van der Waals surface area contributed by atoms with Gasteiger partial charge in [0.25, 0.3) is 0 Å². The fourth-order valence-corrected chi connectivity index (χ4v) is 3.05. The van der Waals surface area contributed by atoms with Crippen molar-refractivity contribution in [1.82, 2.24) is 9.97 Å². The van der Waals surface area contributed by atoms with Crippen LogP contribution in [-0.4, -0.2) is 62.6 Å². The number of amides is 1. The molecule has 0 saturated heterocycles. The number of rotatable bonds is 8. The maximum Gasteiger partial charge on any atom is 0.490 e. The Hall–Kier alpha value is -2.29. The summed E-state index contributed by atoms with van der Waals surface area (Å²) >= 11 is 8.05. The molecule has 9 nitrogen and oxygen atoms in total. The summed E-state index contributed by atoms with van der Waals surface area (Å²) in [5.74, 6) is -2.81. The number of aromatic amines is 1. The molecule has 0 bridgehead atoms. The molecular weight excluding hydrogens is 459 g/mol. The van der Waals surface area contributed by atoms with Gasteiger partial charge < -0.3 is 21.6 Å². The maximum atomic E-state index is 12.8. The van der Waals surface area contributed by atoms with Gasteiger partial charge in [-0.05, 0) is 31.5 Å². The number of aromatic nitrogens is 2. The smallest absolute Gasteiger partial charge is 0.475 e. The van der Waals surface area contributed by atoms with Crippen molar-refractivity contribution in [1.29, 1.82) is 0 Å². The van der Waals surface area contributed by atoms with Gasteiger partial charge in [-0.15, -0.1) is 12.6 Å². The average Bonchev–Trinajstić information content (AvgIpc) is 3.12. The third-order valence-corrected chi connectivity index (χ3v) is 4.54. The molecule has 1 amide bonds. The number of carbonyl (C=O) groups is 3. The highest BCUT2D eigenvalue weighted by atomic mass is 32.1. The van der Waals surface area contributed by atoms with Gasteiger partial charge in [0.15, 0.2) is 0 Å². The molecule has 2 atom stereocenters. The van der Waals surface area contributed by atoms with E-state index in [9.17, 15) is 22.8 Å². The molecule has 0 aliphatic carbocycles. The molecule has 1 aromatic heterocycles. The number of hydrogen-bond donors (Lipinski definition) is 6. The zero-order valence-corrected chi connectivity index (χ0v) is 17.8. The Balaban J connectivity index is 0.000000592. The number of nitrogens with one attached hydrogen (secondary N) is 1. The molecule has 2 rings (SSSR count). The van der Waals surface area contributed by atoms with Crippen molar-refractivity contribution < 1.29 is 32.7 Å². The Morgan fingerprint density at radius 2 is 1.84 bits per heavy atom. The molecule has 0 spiro atoms. The summed E-state index contributed by atoms with van der Waals surface area (Å²) in [5, 5.41) is 6.64. The second-order valence-electron chi connectivity index (χ2n) is 6.16. The SMILES string of the molecule is NCCC[C@@H](N)C(=O)N(c1nc2ccccc2[nH]1)[C@H](CS)C(=O)S.O=C(O)C(F)(F)F. The van der Waals surface area contributed by atoms with Crippen LogP contribution < -0.4 is 16.4 Å². The van der Waals surface area contributed by atoms with E-state index in [1.165, 1.54) is 4.90 Å². The number of para-hydroxylation sites is 2. The predicted molar refractivity (Wildman–Crippen MR) is 115 cm³/mol. The molecule has 0 unspecified atom stereocenters. The predicted octanol–water partition coefficient (Wildman–Crippen LogP) is 1.35. The average molecular weight is 482 g/mol. The van der Waals surface area contributed by atoms with Crippen molar-refractivity contribution in [3.63, 3.8) is 0 Å². The summed E-state index contributed by atoms with van der Waals surface area (Å²) in [6.45, 7) is 0.438. The van der Waals surface area contributed by atoms with E-state index in [1.807, 2.05) is 24.3 Å². The molecule has 0 radical (unpaired) electrons. The van der Waals surface area contributed by atoms with Crippen LogP contribution >= 0.6 is 25.3 Å². The number of nitrogens with zero attached hydrogens (tertiary/aromatic N) is 2. The molecule has 2 aromatic rings. The van der Waals surface area contributed by atoms with Crippen molar-refractivity contribution >= 4 is 59.2 Å². The number of nitrogens with two attached hydrogens (primary N) is 2. The number of carboxylic acid groups (broad SMARTS) is 1. The van der Waals surface area contributed by atoms with Gasteiger partial charge in [-0.1, -0.05) is 12.1 Å². The molecule has 1 heterocycles. The van der Waals surface area contributed by atoms with Crippen LogP contribution in [0.25, 0.3) is 11.0 Å². The van der Waals surface area contributed by atoms with Gasteiger partial charge in [0, 0.05) is 5.75 Å². The Morgan fingerprint density at radius 1 is 1.26 bits per heavy atom. The van der Waals surface area contributed by atoms with Gasteiger partial charge in [0.05, 0.1) is 17.1 Å². The second kappa shape index (κ2) is 11.9. The Kier molecular flexibility index (Phi) is 10.3. The van der Waals surface area contributed by atoms with E-state index in [1.54, 1.807) is 0 Å². The van der Waals surface area contributed by atoms with Gasteiger partial charge >= 0.3 is 12.1 Å². The summed E-state index contributed by atoms with van der Waals surface area (Å²) in [6.07, 6.45) is -4.05. The second-order valence-corrected chi connectivity index (χ2v) is 6.97. The van der Waals surface area contributed by atoms with E-state index in [2.05, 4.69) is 35.2 Å². The molecule has 172 valence electrons. The summed E-state index contributed by atoms with van der Waals surface area (Å²) in [7, 11) is 0. The molecule has 0 saturated carbocycles. The fraction of sp³-hybridized carbons (Fsp3) is 0.412. The highest BCUT2D eigenvalue weighted by Crippen LogP contribution is 2.22. The number of carbonyl (C=O) groups excluding carboxylic acids is 2. The van der Waals surface area contributed by atoms with Crippen molar-refractivity contribution in [3.8, 4) is 0 Å². The fourth-order valence-electron chi connectivity index (χ4n) is 2.37. The first-order chi connectivity index (χ1) is 14.4. The van der Waals surface area contributed by atoms with E-state index in [0.29, 0.717) is 24.9 Å². The molecule has 0 aliphatic heterocycles. The molecule has 0 fully saturated rings. The number of halogens is 3. The number of H-pyrrole nitrogens is 1. The third-order valence-electron chi connectivity index (χ3n) is 3.89. The van der Waals surface area contributed by atoms with E-state index in [-0.39, 0.29) is 11.7 Å². The lowest BCUT2D eigenvalue weighted by Crippen LogP contribution is -2.52. The summed E-state index contributed by atoms with van der Waals surface area (Å²) in [6, 6.07) is 5.69. The lowest BCUT2D eigenvalue weighted by atomic mass is 10.1. The number of thiol groups is 2. The van der Waals surface area contributed by atoms with E-state index in [0.717, 1.165) is 5.52 Å². The molecule has 0 aliphatic rings. The molecule has 14 heteroatoms. The first-order valence-corrected chi connectivity index (χ1v) is 9.89. The minimum atomic E-state index is -5.08. The lowest BCUT2D eigenvalue weighted by Gasteiger charge is -2.28. The summed E-state index contributed by atoms with van der Waals surface area (Å²) in [5.41, 5.74) is 12.9. The monoisotopic (exact) mass is 481 g/mol. The summed E-state index contributed by atoms with van der Waals surface area (Å²) < 4.78 is 31.7. The van der Waals surface area contributed by atoms with Gasteiger partial charge in [-0.2, -0.15) is 25.8 Å². The quantitative estimate of drug-likeness (QED) is 0.311. The normalized spacial score (nSPS) is 13.1.